The molecule has 0 amide bonds. The molecule has 3 rings (SSSR count). The first-order valence-electron chi connectivity index (χ1n) is 7.74. The lowest BCUT2D eigenvalue weighted by atomic mass is 10.1. The van der Waals surface area contributed by atoms with Crippen molar-refractivity contribution in [1.82, 2.24) is 9.88 Å². The summed E-state index contributed by atoms with van der Waals surface area (Å²) in [6, 6.07) is 6.65. The highest BCUT2D eigenvalue weighted by atomic mass is 19.1. The second kappa shape index (κ2) is 6.48. The van der Waals surface area contributed by atoms with Crippen molar-refractivity contribution in [3.63, 3.8) is 0 Å². The Bertz CT molecular complexity index is 601. The number of nitrogens with zero attached hydrogens (tertiary/aromatic N) is 2. The van der Waals surface area contributed by atoms with Crippen molar-refractivity contribution in [2.24, 2.45) is 0 Å². The number of benzene rings is 1. The number of halogens is 1. The van der Waals surface area contributed by atoms with Crippen molar-refractivity contribution in [3.05, 3.63) is 36.3 Å². The molecule has 0 atom stereocenters. The van der Waals surface area contributed by atoms with Crippen LogP contribution in [0.4, 0.5) is 4.39 Å². The smallest absolute Gasteiger partial charge is 0.253 e. The Morgan fingerprint density at radius 3 is 2.55 bits per heavy atom. The first-order valence-corrected chi connectivity index (χ1v) is 7.74. The zero-order valence-corrected chi connectivity index (χ0v) is 13.0. The molecule has 0 unspecified atom stereocenters. The average molecular weight is 304 g/mol. The fourth-order valence-electron chi connectivity index (χ4n) is 2.72. The third kappa shape index (κ3) is 3.47. The molecule has 2 aromatic rings. The molecular weight excluding hydrogens is 283 g/mol. The predicted molar refractivity (Wildman–Crippen MR) is 82.3 cm³/mol. The van der Waals surface area contributed by atoms with Crippen LogP contribution in [0, 0.1) is 5.82 Å². The van der Waals surface area contributed by atoms with Crippen LogP contribution in [0.2, 0.25) is 0 Å². The minimum Gasteiger partial charge on any atom is -0.472 e. The highest BCUT2D eigenvalue weighted by molar-refractivity contribution is 5.53. The van der Waals surface area contributed by atoms with Gasteiger partial charge in [0, 0.05) is 24.7 Å². The minimum atomic E-state index is -0.274. The van der Waals surface area contributed by atoms with Crippen molar-refractivity contribution in [3.8, 4) is 17.3 Å². The molecule has 1 fully saturated rings. The van der Waals surface area contributed by atoms with Crippen LogP contribution >= 0.6 is 0 Å². The Kier molecular flexibility index (Phi) is 4.43. The van der Waals surface area contributed by atoms with E-state index in [4.69, 9.17) is 9.15 Å². The van der Waals surface area contributed by atoms with E-state index < -0.39 is 0 Å². The molecule has 0 saturated carbocycles. The van der Waals surface area contributed by atoms with E-state index in [-0.39, 0.29) is 11.9 Å². The van der Waals surface area contributed by atoms with Gasteiger partial charge in [-0.2, -0.15) is 4.98 Å². The van der Waals surface area contributed by atoms with E-state index >= 15 is 0 Å². The molecule has 0 N–H and O–H groups in total. The van der Waals surface area contributed by atoms with Crippen LogP contribution in [0.1, 0.15) is 26.7 Å². The maximum absolute atomic E-state index is 12.9. The van der Waals surface area contributed by atoms with Crippen LogP contribution in [-0.2, 0) is 0 Å². The van der Waals surface area contributed by atoms with Crippen molar-refractivity contribution in [2.45, 2.75) is 38.8 Å². The van der Waals surface area contributed by atoms with E-state index in [1.165, 1.54) is 18.4 Å². The normalized spacial score (nSPS) is 17.1. The fourth-order valence-corrected chi connectivity index (χ4v) is 2.72. The van der Waals surface area contributed by atoms with Gasteiger partial charge in [-0.15, -0.1) is 0 Å². The second-order valence-electron chi connectivity index (χ2n) is 5.94. The van der Waals surface area contributed by atoms with Gasteiger partial charge in [-0.25, -0.2) is 4.39 Å². The third-order valence-electron chi connectivity index (χ3n) is 4.07. The number of piperidine rings is 1. The summed E-state index contributed by atoms with van der Waals surface area (Å²) in [4.78, 5) is 6.78. The number of hydrogen-bond donors (Lipinski definition) is 0. The maximum atomic E-state index is 12.9. The van der Waals surface area contributed by atoms with Crippen molar-refractivity contribution in [1.29, 1.82) is 0 Å². The fraction of sp³-hybridized carbons (Fsp3) is 0.471. The first kappa shape index (κ1) is 15.0. The van der Waals surface area contributed by atoms with E-state index in [0.29, 0.717) is 17.8 Å². The van der Waals surface area contributed by atoms with Gasteiger partial charge in [0.2, 0.25) is 5.89 Å². The van der Waals surface area contributed by atoms with Crippen LogP contribution < -0.4 is 4.74 Å². The lowest BCUT2D eigenvalue weighted by molar-refractivity contribution is 0.0812. The van der Waals surface area contributed by atoms with Gasteiger partial charge in [0.15, 0.2) is 6.26 Å². The molecule has 1 aromatic heterocycles. The molecule has 22 heavy (non-hydrogen) atoms. The van der Waals surface area contributed by atoms with Gasteiger partial charge in [0.1, 0.15) is 11.9 Å². The first-order chi connectivity index (χ1) is 10.6. The van der Waals surface area contributed by atoms with Gasteiger partial charge in [-0.1, -0.05) is 0 Å². The van der Waals surface area contributed by atoms with E-state index in [1.807, 2.05) is 0 Å². The SMILES string of the molecule is CC(C)N1CCC(Oc2coc(-c3ccc(F)cc3)n2)CC1. The summed E-state index contributed by atoms with van der Waals surface area (Å²) in [5.41, 5.74) is 0.742. The van der Waals surface area contributed by atoms with Crippen LogP contribution in [0.5, 0.6) is 5.88 Å². The van der Waals surface area contributed by atoms with Gasteiger partial charge in [-0.3, -0.25) is 0 Å². The molecule has 2 heterocycles. The van der Waals surface area contributed by atoms with E-state index in [0.717, 1.165) is 31.5 Å². The molecule has 1 aliphatic heterocycles. The number of likely N-dealkylation sites (tertiary alicyclic amines) is 1. The number of hydrogen-bond acceptors (Lipinski definition) is 4. The molecular formula is C17H21FN2O2. The van der Waals surface area contributed by atoms with Gasteiger partial charge in [0.25, 0.3) is 5.88 Å². The van der Waals surface area contributed by atoms with E-state index in [2.05, 4.69) is 23.7 Å². The summed E-state index contributed by atoms with van der Waals surface area (Å²) in [6.45, 7) is 6.53. The zero-order valence-electron chi connectivity index (χ0n) is 13.0. The Balaban J connectivity index is 1.59. The molecule has 0 spiro atoms. The molecule has 0 aliphatic carbocycles. The lowest BCUT2D eigenvalue weighted by Crippen LogP contribution is -2.41. The van der Waals surface area contributed by atoms with Crippen molar-refractivity contribution in [2.75, 3.05) is 13.1 Å². The summed E-state index contributed by atoms with van der Waals surface area (Å²) < 4.78 is 24.3. The Hall–Kier alpha value is -1.88. The molecule has 1 saturated heterocycles. The Morgan fingerprint density at radius 1 is 1.23 bits per heavy atom. The van der Waals surface area contributed by atoms with Crippen LogP contribution in [0.15, 0.2) is 34.9 Å². The van der Waals surface area contributed by atoms with E-state index in [9.17, 15) is 4.39 Å². The number of ether oxygens (including phenoxy) is 1. The molecule has 0 radical (unpaired) electrons. The number of rotatable bonds is 4. The van der Waals surface area contributed by atoms with Crippen LogP contribution in [-0.4, -0.2) is 35.1 Å². The van der Waals surface area contributed by atoms with Gasteiger partial charge in [0.05, 0.1) is 0 Å². The molecule has 0 bridgehead atoms. The summed E-state index contributed by atoms with van der Waals surface area (Å²) in [6.07, 6.45) is 3.70. The highest BCUT2D eigenvalue weighted by Crippen LogP contribution is 2.24. The molecule has 1 aromatic carbocycles. The highest BCUT2D eigenvalue weighted by Gasteiger charge is 2.23. The third-order valence-corrected chi connectivity index (χ3v) is 4.07. The predicted octanol–water partition coefficient (Wildman–Crippen LogP) is 3.73. The second-order valence-corrected chi connectivity index (χ2v) is 5.94. The topological polar surface area (TPSA) is 38.5 Å². The van der Waals surface area contributed by atoms with Crippen molar-refractivity contribution < 1.29 is 13.5 Å². The quantitative estimate of drug-likeness (QED) is 0.862. The summed E-state index contributed by atoms with van der Waals surface area (Å²) in [5.74, 6) is 0.681. The van der Waals surface area contributed by atoms with Gasteiger partial charge >= 0.3 is 0 Å². The molecule has 5 heteroatoms. The molecule has 1 aliphatic rings. The maximum Gasteiger partial charge on any atom is 0.253 e. The van der Waals surface area contributed by atoms with E-state index in [1.54, 1.807) is 12.1 Å². The number of oxazole rings is 1. The monoisotopic (exact) mass is 304 g/mol. The summed E-state index contributed by atoms with van der Waals surface area (Å²) in [7, 11) is 0. The average Bonchev–Trinajstić information content (AvgIpc) is 2.97. The number of aromatic nitrogens is 1. The summed E-state index contributed by atoms with van der Waals surface area (Å²) >= 11 is 0. The zero-order chi connectivity index (χ0) is 15.5. The van der Waals surface area contributed by atoms with Crippen LogP contribution in [0.25, 0.3) is 11.5 Å². The summed E-state index contributed by atoms with van der Waals surface area (Å²) in [5, 5.41) is 0. The van der Waals surface area contributed by atoms with Gasteiger partial charge in [-0.05, 0) is 51.0 Å². The lowest BCUT2D eigenvalue weighted by Gasteiger charge is -2.34. The van der Waals surface area contributed by atoms with Crippen LogP contribution in [0.3, 0.4) is 0 Å². The van der Waals surface area contributed by atoms with Crippen molar-refractivity contribution >= 4 is 0 Å². The standard InChI is InChI=1S/C17H21FN2O2/c1-12(2)20-9-7-15(8-10-20)22-16-11-21-17(19-16)13-3-5-14(18)6-4-13/h3-6,11-12,15H,7-10H2,1-2H3. The van der Waals surface area contributed by atoms with Gasteiger partial charge < -0.3 is 14.1 Å². The molecule has 4 nitrogen and oxygen atoms in total. The molecule has 118 valence electrons. The minimum absolute atomic E-state index is 0.182. The Labute approximate surface area is 129 Å². The Morgan fingerprint density at radius 2 is 1.91 bits per heavy atom. The largest absolute Gasteiger partial charge is 0.472 e.